The van der Waals surface area contributed by atoms with E-state index in [0.717, 1.165) is 18.2 Å². The van der Waals surface area contributed by atoms with Crippen LogP contribution in [0.3, 0.4) is 0 Å². The van der Waals surface area contributed by atoms with Crippen LogP contribution in [0.2, 0.25) is 5.02 Å². The van der Waals surface area contributed by atoms with Crippen molar-refractivity contribution in [3.05, 3.63) is 76.1 Å². The zero-order valence-electron chi connectivity index (χ0n) is 25.9. The second-order valence-electron chi connectivity index (χ2n) is 12.1. The Balaban J connectivity index is 2.01. The Morgan fingerprint density at radius 3 is 2.33 bits per heavy atom. The number of benzene rings is 2. The van der Waals surface area contributed by atoms with Gasteiger partial charge in [-0.25, -0.2) is 23.7 Å². The Bertz CT molecular complexity index is 1970. The molecule has 0 bridgehead atoms. The van der Waals surface area contributed by atoms with Crippen LogP contribution < -0.4 is 15.2 Å². The standard InChI is InChI=1S/C31H33ClF2N6O5S/c1-30(2,3)45-29(41)37-24(15-17-13-18(33)16-19(34)14-17)26-21(8-7-20(36-26)11-12-31(4,5)42)22-9-10-23(32)25-27(22)40(6)38-28(25)39-46(35,43)44/h7-10,13-14,16,24,42H,15H2,1-6H3,(H,37,41)(H,38,39)(H2,35,43,44). The first kappa shape index (κ1) is 34.6. The zero-order chi connectivity index (χ0) is 34.2. The van der Waals surface area contributed by atoms with Crippen molar-refractivity contribution in [2.24, 2.45) is 12.2 Å². The van der Waals surface area contributed by atoms with E-state index in [0.29, 0.717) is 16.6 Å². The van der Waals surface area contributed by atoms with Crippen LogP contribution in [0.5, 0.6) is 0 Å². The summed E-state index contributed by atoms with van der Waals surface area (Å²) >= 11 is 6.51. The smallest absolute Gasteiger partial charge is 0.408 e. The summed E-state index contributed by atoms with van der Waals surface area (Å²) in [5.41, 5.74) is -0.332. The van der Waals surface area contributed by atoms with Crippen LogP contribution in [0.1, 0.15) is 57.6 Å². The van der Waals surface area contributed by atoms with E-state index in [2.05, 4.69) is 27.0 Å². The molecule has 11 nitrogen and oxygen atoms in total. The van der Waals surface area contributed by atoms with Crippen LogP contribution in [-0.4, -0.2) is 45.6 Å². The van der Waals surface area contributed by atoms with E-state index in [1.165, 1.54) is 24.6 Å². The highest BCUT2D eigenvalue weighted by atomic mass is 35.5. The largest absolute Gasteiger partial charge is 0.444 e. The summed E-state index contributed by atoms with van der Waals surface area (Å²) in [6.07, 6.45) is -0.951. The van der Waals surface area contributed by atoms with E-state index in [-0.39, 0.29) is 39.6 Å². The molecule has 0 radical (unpaired) electrons. The number of amides is 1. The molecule has 0 aliphatic rings. The van der Waals surface area contributed by atoms with Gasteiger partial charge < -0.3 is 15.2 Å². The minimum Gasteiger partial charge on any atom is -0.444 e. The number of pyridine rings is 1. The van der Waals surface area contributed by atoms with Gasteiger partial charge in [0, 0.05) is 24.2 Å². The number of carbonyl (C=O) groups is 1. The van der Waals surface area contributed by atoms with Gasteiger partial charge in [0.25, 0.3) is 10.2 Å². The molecule has 2 heterocycles. The van der Waals surface area contributed by atoms with Crippen molar-refractivity contribution in [3.8, 4) is 23.0 Å². The van der Waals surface area contributed by atoms with E-state index in [9.17, 15) is 27.1 Å². The molecule has 1 atom stereocenters. The molecule has 0 aliphatic heterocycles. The normalized spacial score (nSPS) is 12.8. The fourth-order valence-electron chi connectivity index (χ4n) is 4.69. The van der Waals surface area contributed by atoms with Crippen molar-refractivity contribution in [2.75, 3.05) is 4.72 Å². The number of hydrogen-bond acceptors (Lipinski definition) is 7. The summed E-state index contributed by atoms with van der Waals surface area (Å²) in [6, 6.07) is 8.39. The molecule has 0 saturated heterocycles. The summed E-state index contributed by atoms with van der Waals surface area (Å²) in [6.45, 7) is 8.04. The molecule has 0 saturated carbocycles. The van der Waals surface area contributed by atoms with Crippen molar-refractivity contribution in [1.29, 1.82) is 0 Å². The highest BCUT2D eigenvalue weighted by molar-refractivity contribution is 7.90. The lowest BCUT2D eigenvalue weighted by Gasteiger charge is -2.25. The van der Waals surface area contributed by atoms with Gasteiger partial charge in [-0.1, -0.05) is 23.6 Å². The number of nitrogens with zero attached hydrogens (tertiary/aromatic N) is 3. The molecule has 15 heteroatoms. The molecule has 5 N–H and O–H groups in total. The SMILES string of the molecule is Cn1nc(NS(N)(=O)=O)c2c(Cl)ccc(-c3ccc(C#CC(C)(C)O)nc3C(Cc3cc(F)cc(F)c3)NC(=O)OC(C)(C)C)c21. The summed E-state index contributed by atoms with van der Waals surface area (Å²) in [5.74, 6) is 3.77. The van der Waals surface area contributed by atoms with Crippen LogP contribution >= 0.6 is 11.6 Å². The number of aryl methyl sites for hydroxylation is 1. The van der Waals surface area contributed by atoms with E-state index in [4.69, 9.17) is 26.5 Å². The third-order valence-electron chi connectivity index (χ3n) is 6.27. The monoisotopic (exact) mass is 674 g/mol. The van der Waals surface area contributed by atoms with Gasteiger partial charge in [-0.3, -0.25) is 9.40 Å². The van der Waals surface area contributed by atoms with Gasteiger partial charge in [-0.15, -0.1) is 0 Å². The maximum Gasteiger partial charge on any atom is 0.408 e. The van der Waals surface area contributed by atoms with Crippen LogP contribution in [0.15, 0.2) is 42.5 Å². The van der Waals surface area contributed by atoms with Gasteiger partial charge >= 0.3 is 6.09 Å². The number of anilines is 1. The number of alkyl carbamates (subject to hydrolysis) is 1. The number of ether oxygens (including phenoxy) is 1. The molecule has 0 aliphatic carbocycles. The lowest BCUT2D eigenvalue weighted by atomic mass is 9.94. The molecule has 2 aromatic heterocycles. The third-order valence-corrected chi connectivity index (χ3v) is 7.06. The van der Waals surface area contributed by atoms with Crippen molar-refractivity contribution in [1.82, 2.24) is 20.1 Å². The predicted molar refractivity (Wildman–Crippen MR) is 171 cm³/mol. The maximum absolute atomic E-state index is 14.3. The molecule has 0 spiro atoms. The predicted octanol–water partition coefficient (Wildman–Crippen LogP) is 5.11. The fourth-order valence-corrected chi connectivity index (χ4v) is 5.34. The zero-order valence-corrected chi connectivity index (χ0v) is 27.4. The lowest BCUT2D eigenvalue weighted by Crippen LogP contribution is -2.36. The first-order valence-corrected chi connectivity index (χ1v) is 15.8. The summed E-state index contributed by atoms with van der Waals surface area (Å²) in [7, 11) is -2.65. The number of carbonyl (C=O) groups excluding carboxylic acids is 1. The van der Waals surface area contributed by atoms with Gasteiger partial charge in [-0.2, -0.15) is 13.5 Å². The van der Waals surface area contributed by atoms with E-state index >= 15 is 0 Å². The minimum atomic E-state index is -4.22. The minimum absolute atomic E-state index is 0.118. The van der Waals surface area contributed by atoms with Crippen molar-refractivity contribution < 1.29 is 31.8 Å². The topological polar surface area (TPSA) is 161 Å². The number of hydrogen-bond donors (Lipinski definition) is 4. The van der Waals surface area contributed by atoms with Crippen LogP contribution in [0.25, 0.3) is 22.0 Å². The van der Waals surface area contributed by atoms with Gasteiger partial charge in [-0.05, 0) is 82.9 Å². The average Bonchev–Trinajstić information content (AvgIpc) is 3.20. The molecule has 2 aromatic carbocycles. The van der Waals surface area contributed by atoms with Crippen LogP contribution in [0.4, 0.5) is 19.4 Å². The van der Waals surface area contributed by atoms with Crippen molar-refractivity contribution in [3.63, 3.8) is 0 Å². The number of halogens is 3. The van der Waals surface area contributed by atoms with E-state index < -0.39 is 45.2 Å². The van der Waals surface area contributed by atoms with Crippen molar-refractivity contribution in [2.45, 2.75) is 58.3 Å². The Morgan fingerprint density at radius 1 is 1.11 bits per heavy atom. The molecule has 1 unspecified atom stereocenters. The number of rotatable bonds is 7. The van der Waals surface area contributed by atoms with Crippen LogP contribution in [0, 0.1) is 23.5 Å². The number of nitrogens with one attached hydrogen (secondary N) is 2. The van der Waals surface area contributed by atoms with Gasteiger partial charge in [0.15, 0.2) is 5.82 Å². The number of fused-ring (bicyclic) bond motifs is 1. The molecule has 46 heavy (non-hydrogen) atoms. The Labute approximate surface area is 270 Å². The lowest BCUT2D eigenvalue weighted by molar-refractivity contribution is 0.0502. The first-order chi connectivity index (χ1) is 21.2. The Hall–Kier alpha value is -4.29. The second-order valence-corrected chi connectivity index (χ2v) is 13.8. The van der Waals surface area contributed by atoms with Crippen molar-refractivity contribution >= 4 is 44.6 Å². The fraction of sp³-hybridized carbons (Fsp3) is 0.323. The molecule has 4 rings (SSSR count). The quantitative estimate of drug-likeness (QED) is 0.198. The van der Waals surface area contributed by atoms with Crippen LogP contribution in [-0.2, 0) is 28.4 Å². The number of aromatic nitrogens is 3. The number of nitrogens with two attached hydrogens (primary N) is 1. The van der Waals surface area contributed by atoms with E-state index in [1.807, 2.05) is 0 Å². The molecule has 244 valence electrons. The first-order valence-electron chi connectivity index (χ1n) is 13.9. The Morgan fingerprint density at radius 2 is 1.74 bits per heavy atom. The average molecular weight is 675 g/mol. The molecular weight excluding hydrogens is 642 g/mol. The maximum atomic E-state index is 14.3. The highest BCUT2D eigenvalue weighted by Gasteiger charge is 2.27. The summed E-state index contributed by atoms with van der Waals surface area (Å²) in [4.78, 5) is 17.9. The molecule has 0 fully saturated rings. The van der Waals surface area contributed by atoms with Gasteiger partial charge in [0.05, 0.1) is 27.7 Å². The second kappa shape index (κ2) is 12.8. The molecular formula is C31H33ClF2N6O5S. The van der Waals surface area contributed by atoms with Gasteiger partial charge in [0.1, 0.15) is 28.5 Å². The third kappa shape index (κ3) is 8.91. The summed E-state index contributed by atoms with van der Waals surface area (Å²) in [5, 5.41) is 22.8. The molecule has 4 aromatic rings. The summed E-state index contributed by atoms with van der Waals surface area (Å²) < 4.78 is 61.4. The highest BCUT2D eigenvalue weighted by Crippen LogP contribution is 2.40. The Kier molecular flexibility index (Phi) is 9.65. The van der Waals surface area contributed by atoms with E-state index in [1.54, 1.807) is 46.0 Å². The molecule has 1 amide bonds. The van der Waals surface area contributed by atoms with Gasteiger partial charge in [0.2, 0.25) is 0 Å². The number of aliphatic hydroxyl groups is 1.